The van der Waals surface area contributed by atoms with Crippen LogP contribution in [0.15, 0.2) is 15.6 Å². The highest BCUT2D eigenvalue weighted by Gasteiger charge is 2.25. The van der Waals surface area contributed by atoms with E-state index in [1.54, 1.807) is 0 Å². The van der Waals surface area contributed by atoms with E-state index in [0.29, 0.717) is 0 Å². The Morgan fingerprint density at radius 1 is 1.50 bits per heavy atom. The summed E-state index contributed by atoms with van der Waals surface area (Å²) in [6, 6.07) is 0. The van der Waals surface area contributed by atoms with Crippen molar-refractivity contribution in [1.82, 2.24) is 9.97 Å². The molecule has 0 aliphatic heterocycles. The number of anilines is 1. The van der Waals surface area contributed by atoms with Crippen molar-refractivity contribution in [1.29, 1.82) is 0 Å². The lowest BCUT2D eigenvalue weighted by Crippen LogP contribution is -2.15. The van der Waals surface area contributed by atoms with Gasteiger partial charge in [-0.05, 0) is 22.4 Å². The molecule has 0 atom stereocenters. The lowest BCUT2D eigenvalue weighted by molar-refractivity contribution is -0.134. The van der Waals surface area contributed by atoms with Crippen LogP contribution < -0.4 is 10.9 Å². The molecule has 2 N–H and O–H groups in total. The number of aromatic amines is 1. The normalized spacial score (nSPS) is 11.5. The molecule has 8 heteroatoms. The van der Waals surface area contributed by atoms with Crippen LogP contribution in [0.5, 0.6) is 0 Å². The van der Waals surface area contributed by atoms with E-state index >= 15 is 0 Å². The molecule has 16 heavy (non-hydrogen) atoms. The van der Waals surface area contributed by atoms with Crippen molar-refractivity contribution in [3.8, 4) is 0 Å². The third-order valence-electron chi connectivity index (χ3n) is 1.73. The van der Waals surface area contributed by atoms with Crippen molar-refractivity contribution in [2.75, 3.05) is 11.9 Å². The molecule has 0 bridgehead atoms. The Balaban J connectivity index is 2.44. The third-order valence-corrected chi connectivity index (χ3v) is 2.46. The van der Waals surface area contributed by atoms with E-state index in [-0.39, 0.29) is 28.8 Å². The second-order valence-corrected chi connectivity index (χ2v) is 3.83. The summed E-state index contributed by atoms with van der Waals surface area (Å²) in [5.41, 5.74) is -0.381. The van der Waals surface area contributed by atoms with Crippen molar-refractivity contribution >= 4 is 21.7 Å². The highest BCUT2D eigenvalue weighted by atomic mass is 79.9. The summed E-state index contributed by atoms with van der Waals surface area (Å²) in [6.07, 6.45) is -3.90. The number of rotatable bonds is 4. The van der Waals surface area contributed by atoms with Crippen molar-refractivity contribution in [3.63, 3.8) is 0 Å². The number of H-pyrrole nitrogens is 1. The molecule has 1 aromatic rings. The highest BCUT2D eigenvalue weighted by molar-refractivity contribution is 9.10. The van der Waals surface area contributed by atoms with E-state index < -0.39 is 12.6 Å². The molecule has 0 amide bonds. The summed E-state index contributed by atoms with van der Waals surface area (Å²) in [6.45, 7) is 0.106. The molecule has 1 rings (SSSR count). The molecule has 90 valence electrons. The molecule has 0 saturated carbocycles. The number of nitrogens with zero attached hydrogens (tertiary/aromatic N) is 1. The number of hydrogen-bond donors (Lipinski definition) is 2. The molecule has 0 aliphatic carbocycles. The van der Waals surface area contributed by atoms with E-state index in [1.165, 1.54) is 6.33 Å². The average molecular weight is 300 g/mol. The van der Waals surface area contributed by atoms with Crippen LogP contribution in [-0.2, 0) is 0 Å². The number of hydrogen-bond acceptors (Lipinski definition) is 3. The largest absolute Gasteiger partial charge is 0.389 e. The van der Waals surface area contributed by atoms with Crippen LogP contribution in [0.1, 0.15) is 12.8 Å². The fourth-order valence-electron chi connectivity index (χ4n) is 1.00. The van der Waals surface area contributed by atoms with Crippen molar-refractivity contribution in [2.45, 2.75) is 19.0 Å². The molecule has 0 fully saturated rings. The highest BCUT2D eigenvalue weighted by Crippen LogP contribution is 2.21. The van der Waals surface area contributed by atoms with E-state index in [4.69, 9.17) is 0 Å². The minimum atomic E-state index is -4.15. The van der Waals surface area contributed by atoms with Crippen LogP contribution in [0.4, 0.5) is 19.0 Å². The SMILES string of the molecule is O=c1[nH]cnc(NCCCC(F)(F)F)c1Br. The van der Waals surface area contributed by atoms with Gasteiger partial charge in [0.1, 0.15) is 10.3 Å². The summed E-state index contributed by atoms with van der Waals surface area (Å²) in [5, 5.41) is 2.65. The summed E-state index contributed by atoms with van der Waals surface area (Å²) in [5.74, 6) is 0.242. The second-order valence-electron chi connectivity index (χ2n) is 3.04. The number of aromatic nitrogens is 2. The van der Waals surface area contributed by atoms with Gasteiger partial charge in [0.05, 0.1) is 6.33 Å². The van der Waals surface area contributed by atoms with Gasteiger partial charge in [0.15, 0.2) is 0 Å². The topological polar surface area (TPSA) is 57.8 Å². The quantitative estimate of drug-likeness (QED) is 0.839. The third kappa shape index (κ3) is 4.21. The standard InChI is InChI=1S/C8H9BrF3N3O/c9-5-6(14-4-15-7(5)16)13-3-1-2-8(10,11)12/h4H,1-3H2,(H2,13,14,15,16). The van der Waals surface area contributed by atoms with Crippen LogP contribution in [0, 0.1) is 0 Å². The summed E-state index contributed by atoms with van der Waals surface area (Å²) >= 11 is 2.98. The molecule has 1 heterocycles. The Hall–Kier alpha value is -1.05. The number of nitrogens with one attached hydrogen (secondary N) is 2. The van der Waals surface area contributed by atoms with Gasteiger partial charge in [-0.25, -0.2) is 4.98 Å². The van der Waals surface area contributed by atoms with Gasteiger partial charge in [0, 0.05) is 13.0 Å². The predicted molar refractivity (Wildman–Crippen MR) is 56.3 cm³/mol. The minimum Gasteiger partial charge on any atom is -0.369 e. The van der Waals surface area contributed by atoms with E-state index in [1.807, 2.05) is 0 Å². The van der Waals surface area contributed by atoms with Crippen LogP contribution in [0.25, 0.3) is 0 Å². The fourth-order valence-corrected chi connectivity index (χ4v) is 1.36. The smallest absolute Gasteiger partial charge is 0.369 e. The number of halogens is 4. The Bertz CT molecular complexity index is 404. The molecule has 4 nitrogen and oxygen atoms in total. The summed E-state index contributed by atoms with van der Waals surface area (Å²) in [7, 11) is 0. The first-order chi connectivity index (χ1) is 7.40. The van der Waals surface area contributed by atoms with Crippen LogP contribution >= 0.6 is 15.9 Å². The van der Waals surface area contributed by atoms with Crippen LogP contribution in [0.3, 0.4) is 0 Å². The first-order valence-electron chi connectivity index (χ1n) is 4.44. The van der Waals surface area contributed by atoms with Crippen molar-refractivity contribution < 1.29 is 13.2 Å². The average Bonchev–Trinajstić information content (AvgIpc) is 2.17. The minimum absolute atomic E-state index is 0.0651. The van der Waals surface area contributed by atoms with Gasteiger partial charge < -0.3 is 10.3 Å². The molecule has 0 saturated heterocycles. The first-order valence-corrected chi connectivity index (χ1v) is 5.23. The molecule has 1 aromatic heterocycles. The predicted octanol–water partition coefficient (Wildman–Crippen LogP) is 2.29. The van der Waals surface area contributed by atoms with Gasteiger partial charge in [0.2, 0.25) is 0 Å². The Kier molecular flexibility index (Phi) is 4.34. The fraction of sp³-hybridized carbons (Fsp3) is 0.500. The van der Waals surface area contributed by atoms with E-state index in [9.17, 15) is 18.0 Å². The van der Waals surface area contributed by atoms with Crippen molar-refractivity contribution in [2.24, 2.45) is 0 Å². The molecule has 0 aromatic carbocycles. The zero-order chi connectivity index (χ0) is 12.2. The Morgan fingerprint density at radius 2 is 2.19 bits per heavy atom. The van der Waals surface area contributed by atoms with Gasteiger partial charge >= 0.3 is 6.18 Å². The molecule has 0 radical (unpaired) electrons. The second kappa shape index (κ2) is 5.33. The summed E-state index contributed by atoms with van der Waals surface area (Å²) < 4.78 is 35.6. The Labute approximate surface area is 97.4 Å². The van der Waals surface area contributed by atoms with Crippen LogP contribution in [0.2, 0.25) is 0 Å². The zero-order valence-corrected chi connectivity index (χ0v) is 9.65. The molecule has 0 unspecified atom stereocenters. The maximum absolute atomic E-state index is 11.8. The van der Waals surface area contributed by atoms with Gasteiger partial charge in [-0.1, -0.05) is 0 Å². The van der Waals surface area contributed by atoms with Crippen molar-refractivity contribution in [3.05, 3.63) is 21.2 Å². The Morgan fingerprint density at radius 3 is 2.81 bits per heavy atom. The van der Waals surface area contributed by atoms with Gasteiger partial charge in [-0.3, -0.25) is 4.79 Å². The summed E-state index contributed by atoms with van der Waals surface area (Å²) in [4.78, 5) is 17.2. The lowest BCUT2D eigenvalue weighted by Gasteiger charge is -2.08. The molecular formula is C8H9BrF3N3O. The monoisotopic (exact) mass is 299 g/mol. The number of alkyl halides is 3. The van der Waals surface area contributed by atoms with Gasteiger partial charge in [-0.15, -0.1) is 0 Å². The lowest BCUT2D eigenvalue weighted by atomic mass is 10.3. The van der Waals surface area contributed by atoms with Gasteiger partial charge in [0.25, 0.3) is 5.56 Å². The maximum Gasteiger partial charge on any atom is 0.389 e. The molecule has 0 spiro atoms. The first kappa shape index (κ1) is 13.0. The molecular weight excluding hydrogens is 291 g/mol. The molecule has 0 aliphatic rings. The zero-order valence-electron chi connectivity index (χ0n) is 8.07. The van der Waals surface area contributed by atoms with E-state index in [0.717, 1.165) is 0 Å². The van der Waals surface area contributed by atoms with Crippen LogP contribution in [-0.4, -0.2) is 22.7 Å². The maximum atomic E-state index is 11.8. The van der Waals surface area contributed by atoms with Gasteiger partial charge in [-0.2, -0.15) is 13.2 Å². The van der Waals surface area contributed by atoms with E-state index in [2.05, 4.69) is 31.2 Å².